The molecule has 2 N–H and O–H groups in total. The fraction of sp³-hybridized carbons (Fsp3) is 0.939. The Morgan fingerprint density at radius 2 is 0.848 bits per heavy atom. The molecule has 0 aromatic heterocycles. The first kappa shape index (κ1) is 44.6. The summed E-state index contributed by atoms with van der Waals surface area (Å²) in [6.45, 7) is 20.2. The average Bonchev–Trinajstić information content (AvgIpc) is 3.04. The molecule has 0 aromatic carbocycles. The highest BCUT2D eigenvalue weighted by Crippen LogP contribution is 2.37. The van der Waals surface area contributed by atoms with Crippen LogP contribution in [-0.4, -0.2) is 94.4 Å². The van der Waals surface area contributed by atoms with Gasteiger partial charge < -0.3 is 53.1 Å². The molecule has 0 bridgehead atoms. The van der Waals surface area contributed by atoms with E-state index in [0.717, 1.165) is 0 Å². The molecule has 0 saturated heterocycles. The first-order valence-electron chi connectivity index (χ1n) is 17.2. The lowest BCUT2D eigenvalue weighted by Crippen LogP contribution is -2.63. The van der Waals surface area contributed by atoms with Gasteiger partial charge in [-0.3, -0.25) is 9.59 Å². The summed E-state index contributed by atoms with van der Waals surface area (Å²) in [6, 6.07) is -1.25. The van der Waals surface area contributed by atoms with Crippen molar-refractivity contribution >= 4 is 11.9 Å². The van der Waals surface area contributed by atoms with Gasteiger partial charge in [-0.25, -0.2) is 0 Å². The lowest BCUT2D eigenvalue weighted by atomic mass is 10.1. The highest BCUT2D eigenvalue weighted by atomic mass is 16.9. The van der Waals surface area contributed by atoms with Crippen LogP contribution in [-0.2, 0) is 57.0 Å². The standard InChI is InChI=1S/C33H65NO12/c1-11-21-39-30(9,40-22-12-2)32(37-17-7,43-25-15-5)45-28(35)20-19-27(34)29(36)46-33(38-18-8,44-26-16-6)31(10,41-23-13-3)42-24-14-4/h27H,11-26,34H2,1-10H3. The van der Waals surface area contributed by atoms with E-state index in [1.54, 1.807) is 27.7 Å². The van der Waals surface area contributed by atoms with Gasteiger partial charge in [0.1, 0.15) is 6.04 Å². The molecule has 0 saturated carbocycles. The van der Waals surface area contributed by atoms with Crippen molar-refractivity contribution in [1.82, 2.24) is 0 Å². The first-order valence-corrected chi connectivity index (χ1v) is 17.2. The van der Waals surface area contributed by atoms with Gasteiger partial charge in [-0.15, -0.1) is 0 Å². The lowest BCUT2D eigenvalue weighted by molar-refractivity contribution is -0.480. The number of hydrogen-bond donors (Lipinski definition) is 1. The Labute approximate surface area is 277 Å². The highest BCUT2D eigenvalue weighted by molar-refractivity contribution is 5.77. The Morgan fingerprint density at radius 3 is 1.17 bits per heavy atom. The summed E-state index contributed by atoms with van der Waals surface area (Å²) in [7, 11) is 0. The molecule has 0 rings (SSSR count). The van der Waals surface area contributed by atoms with Crippen LogP contribution in [0, 0.1) is 0 Å². The maximum atomic E-state index is 13.5. The molecule has 3 unspecified atom stereocenters. The third-order valence-corrected chi connectivity index (χ3v) is 6.55. The SMILES string of the molecule is CCCOC(C)(OCCC)C(OCC)(OCCC)OC(=O)CCC(N)C(=O)OC(OCC)(OCCC)C(C)(OCCC)OCCC. The largest absolute Gasteiger partial charge is 0.403 e. The summed E-state index contributed by atoms with van der Waals surface area (Å²) in [6.07, 6.45) is 3.53. The van der Waals surface area contributed by atoms with E-state index in [4.69, 9.17) is 53.1 Å². The first-order chi connectivity index (χ1) is 21.9. The van der Waals surface area contributed by atoms with Crippen molar-refractivity contribution < 1.29 is 57.0 Å². The predicted octanol–water partition coefficient (Wildman–Crippen LogP) is 5.55. The Bertz CT molecular complexity index is 800. The summed E-state index contributed by atoms with van der Waals surface area (Å²) in [5, 5.41) is 0. The smallest absolute Gasteiger partial charge is 0.386 e. The van der Waals surface area contributed by atoms with Gasteiger partial charge in [-0.2, -0.15) is 0 Å². The van der Waals surface area contributed by atoms with Gasteiger partial charge >= 0.3 is 23.9 Å². The van der Waals surface area contributed by atoms with Crippen LogP contribution in [0.4, 0.5) is 0 Å². The molecule has 0 radical (unpaired) electrons. The minimum atomic E-state index is -2.05. The van der Waals surface area contributed by atoms with Crippen LogP contribution in [0.3, 0.4) is 0 Å². The Morgan fingerprint density at radius 1 is 0.522 bits per heavy atom. The number of ether oxygens (including phenoxy) is 10. The van der Waals surface area contributed by atoms with Gasteiger partial charge in [0.2, 0.25) is 0 Å². The molecular weight excluding hydrogens is 602 g/mol. The Hall–Kier alpha value is -1.42. The molecule has 46 heavy (non-hydrogen) atoms. The van der Waals surface area contributed by atoms with Crippen molar-refractivity contribution in [3.63, 3.8) is 0 Å². The number of hydrogen-bond acceptors (Lipinski definition) is 13. The predicted molar refractivity (Wildman–Crippen MR) is 172 cm³/mol. The van der Waals surface area contributed by atoms with Gasteiger partial charge in [0.25, 0.3) is 11.6 Å². The van der Waals surface area contributed by atoms with Crippen molar-refractivity contribution in [2.24, 2.45) is 5.73 Å². The van der Waals surface area contributed by atoms with Crippen molar-refractivity contribution in [3.05, 3.63) is 0 Å². The highest BCUT2D eigenvalue weighted by Gasteiger charge is 2.59. The van der Waals surface area contributed by atoms with Crippen molar-refractivity contribution in [1.29, 1.82) is 0 Å². The number of rotatable bonds is 30. The fourth-order valence-corrected chi connectivity index (χ4v) is 4.19. The van der Waals surface area contributed by atoms with Crippen LogP contribution < -0.4 is 5.73 Å². The molecule has 13 heteroatoms. The second kappa shape index (κ2) is 23.8. The van der Waals surface area contributed by atoms with Crippen LogP contribution in [0.2, 0.25) is 0 Å². The van der Waals surface area contributed by atoms with E-state index in [0.29, 0.717) is 65.0 Å². The summed E-state index contributed by atoms with van der Waals surface area (Å²) in [5.41, 5.74) is 6.27. The lowest BCUT2D eigenvalue weighted by Gasteiger charge is -2.45. The molecule has 13 nitrogen and oxygen atoms in total. The summed E-state index contributed by atoms with van der Waals surface area (Å²) in [5.74, 6) is -8.84. The Balaban J connectivity index is 6.15. The van der Waals surface area contributed by atoms with Gasteiger partial charge in [-0.05, 0) is 72.6 Å². The molecule has 0 fully saturated rings. The zero-order chi connectivity index (χ0) is 35.1. The quantitative estimate of drug-likeness (QED) is 0.0753. The number of nitrogens with two attached hydrogens (primary N) is 1. The van der Waals surface area contributed by atoms with Crippen LogP contribution in [0.25, 0.3) is 0 Å². The molecule has 0 spiro atoms. The minimum absolute atomic E-state index is 0.120. The molecule has 274 valence electrons. The monoisotopic (exact) mass is 667 g/mol. The van der Waals surface area contributed by atoms with Crippen LogP contribution in [0.5, 0.6) is 0 Å². The van der Waals surface area contributed by atoms with Gasteiger partial charge in [0.05, 0.1) is 52.9 Å². The zero-order valence-electron chi connectivity index (χ0n) is 30.4. The van der Waals surface area contributed by atoms with Crippen LogP contribution >= 0.6 is 0 Å². The maximum absolute atomic E-state index is 13.5. The summed E-state index contributed by atoms with van der Waals surface area (Å²) in [4.78, 5) is 26.8. The summed E-state index contributed by atoms with van der Waals surface area (Å²) >= 11 is 0. The molecule has 0 aliphatic rings. The Kier molecular flexibility index (Phi) is 23.1. The third-order valence-electron chi connectivity index (χ3n) is 6.55. The van der Waals surface area contributed by atoms with E-state index in [-0.39, 0.29) is 39.3 Å². The zero-order valence-corrected chi connectivity index (χ0v) is 30.4. The minimum Gasteiger partial charge on any atom is -0.403 e. The second-order valence-corrected chi connectivity index (χ2v) is 11.0. The molecule has 0 heterocycles. The van der Waals surface area contributed by atoms with E-state index in [1.165, 1.54) is 0 Å². The molecule has 0 amide bonds. The van der Waals surface area contributed by atoms with Crippen LogP contribution in [0.1, 0.15) is 121 Å². The van der Waals surface area contributed by atoms with E-state index in [9.17, 15) is 9.59 Å². The van der Waals surface area contributed by atoms with E-state index in [2.05, 4.69) is 0 Å². The van der Waals surface area contributed by atoms with Crippen molar-refractivity contribution in [2.45, 2.75) is 150 Å². The van der Waals surface area contributed by atoms with Gasteiger partial charge in [-0.1, -0.05) is 41.5 Å². The molecule has 0 aliphatic carbocycles. The molecule has 3 atom stereocenters. The maximum Gasteiger partial charge on any atom is 0.386 e. The van der Waals surface area contributed by atoms with E-state index >= 15 is 0 Å². The van der Waals surface area contributed by atoms with E-state index < -0.39 is 41.5 Å². The topological polar surface area (TPSA) is 152 Å². The average molecular weight is 668 g/mol. The van der Waals surface area contributed by atoms with Gasteiger partial charge in [0.15, 0.2) is 0 Å². The fourth-order valence-electron chi connectivity index (χ4n) is 4.19. The molecular formula is C33H65NO12. The van der Waals surface area contributed by atoms with E-state index in [1.807, 2.05) is 41.5 Å². The van der Waals surface area contributed by atoms with Crippen molar-refractivity contribution in [3.8, 4) is 0 Å². The van der Waals surface area contributed by atoms with Crippen LogP contribution in [0.15, 0.2) is 0 Å². The molecule has 0 aromatic rings. The number of esters is 2. The normalized spacial score (nSPS) is 15.6. The number of carbonyl (C=O) groups excluding carboxylic acids is 2. The van der Waals surface area contributed by atoms with Gasteiger partial charge in [0, 0.05) is 6.42 Å². The number of carbonyl (C=O) groups is 2. The van der Waals surface area contributed by atoms with Crippen molar-refractivity contribution in [2.75, 3.05) is 52.9 Å². The molecule has 0 aliphatic heterocycles. The second-order valence-electron chi connectivity index (χ2n) is 11.0. The summed E-state index contributed by atoms with van der Waals surface area (Å²) < 4.78 is 59.9. The third kappa shape index (κ3) is 13.6.